The number of methoxy groups -OCH3 is 1. The Bertz CT molecular complexity index is 1210. The molecule has 0 aliphatic rings. The van der Waals surface area contributed by atoms with E-state index in [0.29, 0.717) is 17.5 Å². The van der Waals surface area contributed by atoms with Gasteiger partial charge >= 0.3 is 11.9 Å². The van der Waals surface area contributed by atoms with Gasteiger partial charge in [-0.3, -0.25) is 4.99 Å². The third kappa shape index (κ3) is 4.42. The topological polar surface area (TPSA) is 94.5 Å². The van der Waals surface area contributed by atoms with Crippen LogP contribution in [-0.2, 0) is 19.6 Å². The molecule has 1 unspecified atom stereocenters. The zero-order chi connectivity index (χ0) is 23.6. The van der Waals surface area contributed by atoms with Crippen LogP contribution in [0.3, 0.4) is 0 Å². The van der Waals surface area contributed by atoms with E-state index in [1.807, 2.05) is 6.92 Å². The summed E-state index contributed by atoms with van der Waals surface area (Å²) in [6.45, 7) is 3.36. The molecule has 0 amide bonds. The van der Waals surface area contributed by atoms with Crippen molar-refractivity contribution in [2.24, 2.45) is 12.0 Å². The van der Waals surface area contributed by atoms with E-state index in [9.17, 15) is 23.1 Å². The molecule has 0 saturated heterocycles. The van der Waals surface area contributed by atoms with E-state index in [1.54, 1.807) is 18.2 Å². The summed E-state index contributed by atoms with van der Waals surface area (Å²) < 4.78 is 47.0. The van der Waals surface area contributed by atoms with E-state index < -0.39 is 23.7 Å². The van der Waals surface area contributed by atoms with Crippen LogP contribution >= 0.6 is 0 Å². The molecular formula is C21H22F3N5O3. The van der Waals surface area contributed by atoms with Gasteiger partial charge in [0.2, 0.25) is 0 Å². The molecule has 0 bridgehead atoms. The SMILES string of the molecule is CCc1cccc(-n2nnn(C)c2=O)c1C(O)N=C(C)c1ccc(OC)c(C(F)(F)F)c1. The highest BCUT2D eigenvalue weighted by atomic mass is 19.4. The standard InChI is InChI=1S/C21H22F3N5O3/c1-5-13-7-6-8-16(29-20(31)28(3)26-27-29)18(13)19(30)25-12(2)14-9-10-17(32-4)15(11-14)21(22,23)24/h6-11,19,30H,5H2,1-4H3. The molecule has 0 spiro atoms. The monoisotopic (exact) mass is 449 g/mol. The Morgan fingerprint density at radius 1 is 1.25 bits per heavy atom. The minimum atomic E-state index is -4.62. The van der Waals surface area contributed by atoms with Crippen LogP contribution in [0.5, 0.6) is 5.75 Å². The van der Waals surface area contributed by atoms with Crippen LogP contribution < -0.4 is 10.4 Å². The normalized spacial score (nSPS) is 13.3. The molecule has 0 radical (unpaired) electrons. The minimum absolute atomic E-state index is 0.171. The lowest BCUT2D eigenvalue weighted by atomic mass is 10.0. The van der Waals surface area contributed by atoms with Crippen molar-refractivity contribution in [1.29, 1.82) is 0 Å². The minimum Gasteiger partial charge on any atom is -0.496 e. The molecule has 32 heavy (non-hydrogen) atoms. The lowest BCUT2D eigenvalue weighted by Gasteiger charge is -2.17. The first-order valence-corrected chi connectivity index (χ1v) is 9.67. The highest BCUT2D eigenvalue weighted by Gasteiger charge is 2.34. The van der Waals surface area contributed by atoms with Gasteiger partial charge in [-0.2, -0.15) is 22.5 Å². The fraction of sp³-hybridized carbons (Fsp3) is 0.333. The largest absolute Gasteiger partial charge is 0.496 e. The fourth-order valence-electron chi connectivity index (χ4n) is 3.33. The van der Waals surface area contributed by atoms with Gasteiger partial charge in [-0.05, 0) is 59.2 Å². The van der Waals surface area contributed by atoms with Crippen LogP contribution in [0, 0.1) is 0 Å². The number of hydrogen-bond acceptors (Lipinski definition) is 6. The third-order valence-electron chi connectivity index (χ3n) is 5.00. The molecule has 0 saturated carbocycles. The Labute approximate surface area is 181 Å². The second kappa shape index (κ2) is 8.95. The maximum Gasteiger partial charge on any atom is 0.419 e. The Balaban J connectivity index is 2.10. The predicted octanol–water partition coefficient (Wildman–Crippen LogP) is 3.06. The van der Waals surface area contributed by atoms with E-state index in [2.05, 4.69) is 15.4 Å². The van der Waals surface area contributed by atoms with E-state index in [1.165, 1.54) is 26.1 Å². The fourth-order valence-corrected chi connectivity index (χ4v) is 3.33. The van der Waals surface area contributed by atoms with Gasteiger partial charge in [0, 0.05) is 18.3 Å². The molecule has 11 heteroatoms. The van der Waals surface area contributed by atoms with E-state index >= 15 is 0 Å². The summed E-state index contributed by atoms with van der Waals surface area (Å²) in [6, 6.07) is 8.62. The van der Waals surface area contributed by atoms with Crippen molar-refractivity contribution in [1.82, 2.24) is 19.8 Å². The molecule has 0 aliphatic carbocycles. The third-order valence-corrected chi connectivity index (χ3v) is 5.00. The van der Waals surface area contributed by atoms with Crippen LogP contribution in [-0.4, -0.2) is 37.7 Å². The highest BCUT2D eigenvalue weighted by molar-refractivity contribution is 5.99. The highest BCUT2D eigenvalue weighted by Crippen LogP contribution is 2.37. The van der Waals surface area contributed by atoms with E-state index in [0.717, 1.165) is 22.5 Å². The van der Waals surface area contributed by atoms with Gasteiger partial charge in [0.05, 0.1) is 18.4 Å². The van der Waals surface area contributed by atoms with Crippen molar-refractivity contribution in [2.45, 2.75) is 32.7 Å². The molecule has 1 heterocycles. The zero-order valence-corrected chi connectivity index (χ0v) is 17.9. The van der Waals surface area contributed by atoms with Crippen molar-refractivity contribution in [3.05, 3.63) is 69.1 Å². The van der Waals surface area contributed by atoms with Gasteiger partial charge in [-0.25, -0.2) is 4.79 Å². The number of aryl methyl sites for hydroxylation is 2. The molecule has 170 valence electrons. The summed E-state index contributed by atoms with van der Waals surface area (Å²) in [6.07, 6.45) is -5.55. The average Bonchev–Trinajstić information content (AvgIpc) is 3.10. The van der Waals surface area contributed by atoms with Gasteiger partial charge in [0.25, 0.3) is 0 Å². The Morgan fingerprint density at radius 2 is 1.97 bits per heavy atom. The number of halogens is 3. The maximum atomic E-state index is 13.4. The Hall–Kier alpha value is -3.47. The molecule has 0 fully saturated rings. The van der Waals surface area contributed by atoms with Gasteiger partial charge in [0.15, 0.2) is 6.23 Å². The Kier molecular flexibility index (Phi) is 6.49. The van der Waals surface area contributed by atoms with Crippen LogP contribution in [0.2, 0.25) is 0 Å². The Morgan fingerprint density at radius 3 is 2.53 bits per heavy atom. The number of aliphatic hydroxyl groups excluding tert-OH is 1. The predicted molar refractivity (Wildman–Crippen MR) is 111 cm³/mol. The van der Waals surface area contributed by atoms with Crippen LogP contribution in [0.1, 0.15) is 42.3 Å². The lowest BCUT2D eigenvalue weighted by molar-refractivity contribution is -0.138. The quantitative estimate of drug-likeness (QED) is 0.584. The first-order valence-electron chi connectivity index (χ1n) is 9.67. The number of benzene rings is 2. The van der Waals surface area contributed by atoms with Crippen LogP contribution in [0.25, 0.3) is 5.69 Å². The van der Waals surface area contributed by atoms with Crippen LogP contribution in [0.15, 0.2) is 46.2 Å². The number of aromatic nitrogens is 4. The lowest BCUT2D eigenvalue weighted by Crippen LogP contribution is -2.23. The molecule has 3 rings (SSSR count). The summed E-state index contributed by atoms with van der Waals surface area (Å²) in [5, 5.41) is 18.4. The van der Waals surface area contributed by atoms with Gasteiger partial charge in [-0.15, -0.1) is 0 Å². The van der Waals surface area contributed by atoms with E-state index in [4.69, 9.17) is 4.74 Å². The summed E-state index contributed by atoms with van der Waals surface area (Å²) in [5.74, 6) is -0.310. The van der Waals surface area contributed by atoms with Gasteiger partial charge in [0.1, 0.15) is 5.75 Å². The molecule has 8 nitrogen and oxygen atoms in total. The number of aliphatic imine (C=N–C) groups is 1. The second-order valence-electron chi connectivity index (χ2n) is 7.00. The molecular weight excluding hydrogens is 427 g/mol. The molecule has 1 N–H and O–H groups in total. The summed E-state index contributed by atoms with van der Waals surface area (Å²) in [5.41, 5.74) is 0.201. The summed E-state index contributed by atoms with van der Waals surface area (Å²) >= 11 is 0. The summed E-state index contributed by atoms with van der Waals surface area (Å²) in [7, 11) is 2.60. The number of aliphatic hydroxyl groups is 1. The molecule has 0 aliphatic heterocycles. The van der Waals surface area contributed by atoms with Crippen molar-refractivity contribution in [2.75, 3.05) is 7.11 Å². The number of nitrogens with zero attached hydrogens (tertiary/aromatic N) is 5. The smallest absolute Gasteiger partial charge is 0.419 e. The maximum absolute atomic E-state index is 13.4. The van der Waals surface area contributed by atoms with Crippen molar-refractivity contribution >= 4 is 5.71 Å². The molecule has 3 aromatic rings. The number of rotatable bonds is 6. The van der Waals surface area contributed by atoms with Crippen LogP contribution in [0.4, 0.5) is 13.2 Å². The molecule has 1 aromatic heterocycles. The van der Waals surface area contributed by atoms with Gasteiger partial charge < -0.3 is 9.84 Å². The zero-order valence-electron chi connectivity index (χ0n) is 17.9. The molecule has 2 aromatic carbocycles. The number of alkyl halides is 3. The average molecular weight is 449 g/mol. The number of ether oxygens (including phenoxy) is 1. The van der Waals surface area contributed by atoms with Crippen molar-refractivity contribution in [3.63, 3.8) is 0 Å². The van der Waals surface area contributed by atoms with E-state index in [-0.39, 0.29) is 22.7 Å². The first-order chi connectivity index (χ1) is 15.1. The number of hydrogen-bond donors (Lipinski definition) is 1. The molecule has 1 atom stereocenters. The number of tetrazole rings is 1. The first kappa shape index (κ1) is 23.2. The second-order valence-corrected chi connectivity index (χ2v) is 7.00. The van der Waals surface area contributed by atoms with Gasteiger partial charge in [-0.1, -0.05) is 19.1 Å². The van der Waals surface area contributed by atoms with Crippen molar-refractivity contribution in [3.8, 4) is 11.4 Å². The van der Waals surface area contributed by atoms with Crippen molar-refractivity contribution < 1.29 is 23.0 Å². The summed E-state index contributed by atoms with van der Waals surface area (Å²) in [4.78, 5) is 16.6.